The molecule has 2 aromatic rings. The fraction of sp³-hybridized carbons (Fsp3) is 0.533. The minimum Gasteiger partial charge on any atom is -0.378 e. The number of urea groups is 1. The van der Waals surface area contributed by atoms with Gasteiger partial charge in [0.05, 0.1) is 19.4 Å². The van der Waals surface area contributed by atoms with Gasteiger partial charge in [-0.15, -0.1) is 0 Å². The maximum Gasteiger partial charge on any atom is 0.320 e. The first-order valence-electron chi connectivity index (χ1n) is 7.98. The molecule has 2 saturated heterocycles. The molecule has 0 spiro atoms. The van der Waals surface area contributed by atoms with Crippen LogP contribution in [0.25, 0.3) is 5.65 Å². The van der Waals surface area contributed by atoms with Gasteiger partial charge in [-0.2, -0.15) is 9.61 Å². The molecule has 4 rings (SSSR count). The first kappa shape index (κ1) is 14.3. The van der Waals surface area contributed by atoms with Gasteiger partial charge in [0.1, 0.15) is 5.82 Å². The Balaban J connectivity index is 1.42. The Morgan fingerprint density at radius 1 is 0.957 bits per heavy atom. The molecule has 2 aromatic heterocycles. The number of morpholine rings is 1. The molecule has 0 saturated carbocycles. The van der Waals surface area contributed by atoms with E-state index in [0.29, 0.717) is 26.3 Å². The molecule has 23 heavy (non-hydrogen) atoms. The third-order valence-corrected chi connectivity index (χ3v) is 4.43. The number of aromatic nitrogens is 3. The average molecular weight is 316 g/mol. The van der Waals surface area contributed by atoms with E-state index < -0.39 is 0 Å². The largest absolute Gasteiger partial charge is 0.378 e. The molecule has 0 radical (unpaired) electrons. The summed E-state index contributed by atoms with van der Waals surface area (Å²) in [5, 5.41) is 4.33. The monoisotopic (exact) mass is 316 g/mol. The average Bonchev–Trinajstić information content (AvgIpc) is 3.11. The van der Waals surface area contributed by atoms with Crippen LogP contribution in [0.4, 0.5) is 10.6 Å². The highest BCUT2D eigenvalue weighted by Gasteiger charge is 2.27. The van der Waals surface area contributed by atoms with Crippen LogP contribution >= 0.6 is 0 Å². The molecule has 2 amide bonds. The van der Waals surface area contributed by atoms with Crippen molar-refractivity contribution in [1.29, 1.82) is 0 Å². The van der Waals surface area contributed by atoms with Crippen LogP contribution in [0.5, 0.6) is 0 Å². The van der Waals surface area contributed by atoms with E-state index >= 15 is 0 Å². The highest BCUT2D eigenvalue weighted by Crippen LogP contribution is 2.17. The summed E-state index contributed by atoms with van der Waals surface area (Å²) in [6.07, 6.45) is 3.56. The van der Waals surface area contributed by atoms with Gasteiger partial charge in [0.2, 0.25) is 0 Å². The number of fused-ring (bicyclic) bond motifs is 1. The summed E-state index contributed by atoms with van der Waals surface area (Å²) in [4.78, 5) is 22.9. The van der Waals surface area contributed by atoms with Crippen LogP contribution in [0.3, 0.4) is 0 Å². The normalized spacial score (nSPS) is 19.4. The highest BCUT2D eigenvalue weighted by molar-refractivity contribution is 5.75. The molecule has 0 unspecified atom stereocenters. The maximum absolute atomic E-state index is 12.5. The van der Waals surface area contributed by atoms with Crippen molar-refractivity contribution >= 4 is 17.5 Å². The number of ether oxygens (including phenoxy) is 1. The Hall–Kier alpha value is -2.35. The molecule has 2 aliphatic heterocycles. The van der Waals surface area contributed by atoms with Gasteiger partial charge in [-0.1, -0.05) is 0 Å². The number of rotatable bonds is 1. The van der Waals surface area contributed by atoms with Gasteiger partial charge in [0.25, 0.3) is 0 Å². The molecule has 0 N–H and O–H groups in total. The molecule has 8 nitrogen and oxygen atoms in total. The summed E-state index contributed by atoms with van der Waals surface area (Å²) in [6.45, 7) is 5.71. The van der Waals surface area contributed by atoms with Crippen molar-refractivity contribution in [3.63, 3.8) is 0 Å². The second-order valence-corrected chi connectivity index (χ2v) is 5.76. The minimum atomic E-state index is 0.131. The number of nitrogens with zero attached hydrogens (tertiary/aromatic N) is 6. The lowest BCUT2D eigenvalue weighted by Crippen LogP contribution is -2.55. The van der Waals surface area contributed by atoms with Crippen molar-refractivity contribution in [1.82, 2.24) is 24.4 Å². The molecule has 0 bridgehead atoms. The van der Waals surface area contributed by atoms with Gasteiger partial charge >= 0.3 is 6.03 Å². The molecule has 2 aliphatic rings. The number of amides is 2. The highest BCUT2D eigenvalue weighted by atomic mass is 16.5. The molecular formula is C15H20N6O2. The van der Waals surface area contributed by atoms with E-state index in [-0.39, 0.29) is 6.03 Å². The van der Waals surface area contributed by atoms with Gasteiger partial charge in [0, 0.05) is 51.5 Å². The summed E-state index contributed by atoms with van der Waals surface area (Å²) < 4.78 is 7.16. The van der Waals surface area contributed by atoms with Crippen LogP contribution in [-0.4, -0.2) is 82.9 Å². The summed E-state index contributed by atoms with van der Waals surface area (Å²) in [5.41, 5.74) is 0.842. The van der Waals surface area contributed by atoms with Crippen molar-refractivity contribution in [2.24, 2.45) is 0 Å². The van der Waals surface area contributed by atoms with Crippen LogP contribution in [-0.2, 0) is 4.74 Å². The predicted molar refractivity (Wildman–Crippen MR) is 84.6 cm³/mol. The van der Waals surface area contributed by atoms with Gasteiger partial charge in [-0.05, 0) is 6.07 Å². The molecule has 2 fully saturated rings. The van der Waals surface area contributed by atoms with Crippen molar-refractivity contribution in [2.45, 2.75) is 0 Å². The number of hydrogen-bond donors (Lipinski definition) is 0. The zero-order valence-corrected chi connectivity index (χ0v) is 13.0. The quantitative estimate of drug-likeness (QED) is 0.757. The first-order chi connectivity index (χ1) is 11.3. The number of hydrogen-bond acceptors (Lipinski definition) is 5. The molecule has 0 aliphatic carbocycles. The zero-order valence-electron chi connectivity index (χ0n) is 13.0. The SMILES string of the molecule is O=C(N1CCOCC1)N1CCN(c2ccnc3ccnn23)CC1. The Labute approximate surface area is 134 Å². The summed E-state index contributed by atoms with van der Waals surface area (Å²) in [5.74, 6) is 1.03. The van der Waals surface area contributed by atoms with E-state index in [1.165, 1.54) is 0 Å². The number of anilines is 1. The van der Waals surface area contributed by atoms with Crippen molar-refractivity contribution in [3.05, 3.63) is 24.5 Å². The van der Waals surface area contributed by atoms with Crippen LogP contribution in [0.2, 0.25) is 0 Å². The summed E-state index contributed by atoms with van der Waals surface area (Å²) in [7, 11) is 0. The van der Waals surface area contributed by atoms with Crippen LogP contribution in [0, 0.1) is 0 Å². The topological polar surface area (TPSA) is 66.2 Å². The van der Waals surface area contributed by atoms with Crippen LogP contribution in [0.1, 0.15) is 0 Å². The third-order valence-electron chi connectivity index (χ3n) is 4.43. The van der Waals surface area contributed by atoms with E-state index in [0.717, 1.165) is 37.6 Å². The van der Waals surface area contributed by atoms with Crippen LogP contribution in [0.15, 0.2) is 24.5 Å². The molecule has 122 valence electrons. The lowest BCUT2D eigenvalue weighted by molar-refractivity contribution is 0.0428. The van der Waals surface area contributed by atoms with E-state index in [1.807, 2.05) is 26.4 Å². The van der Waals surface area contributed by atoms with Crippen molar-refractivity contribution < 1.29 is 9.53 Å². The second-order valence-electron chi connectivity index (χ2n) is 5.76. The minimum absolute atomic E-state index is 0.131. The summed E-state index contributed by atoms with van der Waals surface area (Å²) >= 11 is 0. The standard InChI is InChI=1S/C15H20N6O2/c22-15(20-9-11-23-12-10-20)19-7-5-18(6-8-19)14-2-3-16-13-1-4-17-21(13)14/h1-4H,5-12H2. The van der Waals surface area contributed by atoms with Gasteiger partial charge < -0.3 is 19.4 Å². The third kappa shape index (κ3) is 2.70. The van der Waals surface area contributed by atoms with Gasteiger partial charge in [-0.25, -0.2) is 9.78 Å². The predicted octanol–water partition coefficient (Wildman–Crippen LogP) is 0.303. The summed E-state index contributed by atoms with van der Waals surface area (Å²) in [6, 6.07) is 3.99. The Morgan fingerprint density at radius 2 is 1.70 bits per heavy atom. The Kier molecular flexibility index (Phi) is 3.74. The molecular weight excluding hydrogens is 296 g/mol. The lowest BCUT2D eigenvalue weighted by atomic mass is 10.3. The molecule has 4 heterocycles. The Bertz CT molecular complexity index is 688. The van der Waals surface area contributed by atoms with E-state index in [1.54, 1.807) is 12.4 Å². The number of piperazine rings is 1. The molecule has 0 atom stereocenters. The number of carbonyl (C=O) groups excluding carboxylic acids is 1. The maximum atomic E-state index is 12.5. The zero-order chi connectivity index (χ0) is 15.6. The number of carbonyl (C=O) groups is 1. The van der Waals surface area contributed by atoms with Gasteiger partial charge in [-0.3, -0.25) is 0 Å². The first-order valence-corrected chi connectivity index (χ1v) is 7.98. The Morgan fingerprint density at radius 3 is 2.48 bits per heavy atom. The second kappa shape index (κ2) is 6.04. The van der Waals surface area contributed by atoms with Crippen molar-refractivity contribution in [3.8, 4) is 0 Å². The lowest BCUT2D eigenvalue weighted by Gasteiger charge is -2.39. The fourth-order valence-corrected chi connectivity index (χ4v) is 3.14. The van der Waals surface area contributed by atoms with E-state index in [9.17, 15) is 4.79 Å². The van der Waals surface area contributed by atoms with Crippen molar-refractivity contribution in [2.75, 3.05) is 57.4 Å². The van der Waals surface area contributed by atoms with E-state index in [4.69, 9.17) is 4.74 Å². The molecule has 8 heteroatoms. The smallest absolute Gasteiger partial charge is 0.320 e. The van der Waals surface area contributed by atoms with Gasteiger partial charge in [0.15, 0.2) is 5.65 Å². The van der Waals surface area contributed by atoms with Crippen LogP contribution < -0.4 is 4.90 Å². The fourth-order valence-electron chi connectivity index (χ4n) is 3.14. The van der Waals surface area contributed by atoms with E-state index in [2.05, 4.69) is 15.0 Å². The molecule has 0 aromatic carbocycles.